The first-order valence-corrected chi connectivity index (χ1v) is 17.7. The third-order valence-electron chi connectivity index (χ3n) is 10.9. The van der Waals surface area contributed by atoms with Crippen LogP contribution in [0.4, 0.5) is 0 Å². The Morgan fingerprint density at radius 2 is 1.02 bits per heavy atom. The van der Waals surface area contributed by atoms with E-state index in [2.05, 4.69) is 185 Å². The largest absolute Gasteiger partial charge is 0.485 e. The molecule has 1 aliphatic carbocycles. The summed E-state index contributed by atoms with van der Waals surface area (Å²) in [6.07, 6.45) is 6.87. The van der Waals surface area contributed by atoms with Gasteiger partial charge in [-0.2, -0.15) is 0 Å². The van der Waals surface area contributed by atoms with Gasteiger partial charge in [-0.05, 0) is 95.1 Å². The van der Waals surface area contributed by atoms with Crippen LogP contribution in [0.25, 0.3) is 71.7 Å². The van der Waals surface area contributed by atoms with E-state index in [9.17, 15) is 0 Å². The van der Waals surface area contributed by atoms with Crippen LogP contribution in [0.2, 0.25) is 0 Å². The van der Waals surface area contributed by atoms with Gasteiger partial charge in [0, 0.05) is 44.4 Å². The summed E-state index contributed by atoms with van der Waals surface area (Å²) in [4.78, 5) is 0. The van der Waals surface area contributed by atoms with E-state index in [1.54, 1.807) is 0 Å². The second kappa shape index (κ2) is 11.0. The summed E-state index contributed by atoms with van der Waals surface area (Å²) in [5.41, 5.74) is 13.3. The van der Waals surface area contributed by atoms with Crippen LogP contribution in [0.5, 0.6) is 5.75 Å². The molecule has 7 aromatic carbocycles. The van der Waals surface area contributed by atoms with Crippen LogP contribution in [-0.2, 0) is 0 Å². The molecule has 0 amide bonds. The normalized spacial score (nSPS) is 16.4. The summed E-state index contributed by atoms with van der Waals surface area (Å²) in [6, 6.07) is 59.4. The number of benzene rings is 7. The Labute approximate surface area is 295 Å². The van der Waals surface area contributed by atoms with Crippen LogP contribution in [0.1, 0.15) is 17.0 Å². The van der Waals surface area contributed by atoms with Gasteiger partial charge in [0.1, 0.15) is 11.9 Å². The van der Waals surface area contributed by atoms with Crippen LogP contribution in [-0.4, -0.2) is 15.2 Å². The lowest BCUT2D eigenvalue weighted by Crippen LogP contribution is -2.17. The highest BCUT2D eigenvalue weighted by atomic mass is 16.5. The molecule has 51 heavy (non-hydrogen) atoms. The molecular weight excluding hydrogens is 621 g/mol. The zero-order valence-corrected chi connectivity index (χ0v) is 27.8. The van der Waals surface area contributed by atoms with Crippen molar-refractivity contribution in [1.29, 1.82) is 0 Å². The third-order valence-corrected chi connectivity index (χ3v) is 10.9. The van der Waals surface area contributed by atoms with Crippen molar-refractivity contribution in [3.05, 3.63) is 193 Å². The number of nitrogens with zero attached hydrogens (tertiary/aromatic N) is 2. The average Bonchev–Trinajstić information content (AvgIpc) is 3.85. The van der Waals surface area contributed by atoms with Gasteiger partial charge in [-0.25, -0.2) is 0 Å². The van der Waals surface area contributed by atoms with Gasteiger partial charge in [0.25, 0.3) is 0 Å². The Morgan fingerprint density at radius 1 is 0.431 bits per heavy atom. The maximum Gasteiger partial charge on any atom is 0.128 e. The molecule has 0 bridgehead atoms. The lowest BCUT2D eigenvalue weighted by atomic mass is 9.87. The zero-order chi connectivity index (χ0) is 33.5. The molecule has 3 nitrogen and oxygen atoms in total. The monoisotopic (exact) mass is 652 g/mol. The highest BCUT2D eigenvalue weighted by molar-refractivity contribution is 6.12. The number of hydrogen-bond donors (Lipinski definition) is 0. The smallest absolute Gasteiger partial charge is 0.128 e. The molecule has 0 saturated heterocycles. The first kappa shape index (κ1) is 28.3. The molecule has 0 N–H and O–H groups in total. The Balaban J connectivity index is 1.03. The number of rotatable bonds is 4. The van der Waals surface area contributed by atoms with Gasteiger partial charge in [0.2, 0.25) is 0 Å². The average molecular weight is 653 g/mol. The predicted octanol–water partition coefficient (Wildman–Crippen LogP) is 12.0. The number of hydrogen-bond acceptors (Lipinski definition) is 1. The lowest BCUT2D eigenvalue weighted by Gasteiger charge is -2.19. The molecule has 3 heteroatoms. The topological polar surface area (TPSA) is 19.1 Å². The van der Waals surface area contributed by atoms with E-state index >= 15 is 0 Å². The number of ether oxygens (including phenoxy) is 1. The predicted molar refractivity (Wildman–Crippen MR) is 211 cm³/mol. The van der Waals surface area contributed by atoms with E-state index < -0.39 is 0 Å². The van der Waals surface area contributed by atoms with Crippen LogP contribution in [0.15, 0.2) is 182 Å². The van der Waals surface area contributed by atoms with Gasteiger partial charge in [0.15, 0.2) is 0 Å². The summed E-state index contributed by atoms with van der Waals surface area (Å²) in [5, 5.41) is 5.02. The molecule has 2 atom stereocenters. The lowest BCUT2D eigenvalue weighted by molar-refractivity contribution is 0.269. The van der Waals surface area contributed by atoms with Crippen LogP contribution >= 0.6 is 0 Å². The molecule has 3 heterocycles. The molecule has 11 rings (SSSR count). The fourth-order valence-corrected chi connectivity index (χ4v) is 8.51. The maximum atomic E-state index is 6.24. The first-order valence-electron chi connectivity index (χ1n) is 17.7. The van der Waals surface area contributed by atoms with Crippen molar-refractivity contribution < 1.29 is 4.74 Å². The molecular formula is C48H32N2O. The molecule has 2 unspecified atom stereocenters. The molecule has 1 aliphatic heterocycles. The Kier molecular flexibility index (Phi) is 6.08. The second-order valence-corrected chi connectivity index (χ2v) is 13.7. The summed E-state index contributed by atoms with van der Waals surface area (Å²) in [5.74, 6) is 1.22. The van der Waals surface area contributed by atoms with Crippen molar-refractivity contribution in [2.24, 2.45) is 0 Å². The van der Waals surface area contributed by atoms with Crippen molar-refractivity contribution in [3.63, 3.8) is 0 Å². The Morgan fingerprint density at radius 3 is 1.75 bits per heavy atom. The standard InChI is InChI=1S/C48H32N2O/c1-2-12-35(13-3-1)49-43-18-7-4-15-37(43)40-28-32(21-24-45(40)49)33-22-25-46-41(29-33)38-16-5-8-19-44(38)50(46)36-14-10-11-31(27-36)34-23-26-48-42(30-34)39-17-6-9-20-47(39)51-48/h1-30,42,48H. The van der Waals surface area contributed by atoms with E-state index in [-0.39, 0.29) is 12.0 Å². The Bertz CT molecular complexity index is 2900. The van der Waals surface area contributed by atoms with E-state index in [4.69, 9.17) is 4.74 Å². The highest BCUT2D eigenvalue weighted by Gasteiger charge is 2.33. The minimum Gasteiger partial charge on any atom is -0.485 e. The van der Waals surface area contributed by atoms with Gasteiger partial charge < -0.3 is 13.9 Å². The third kappa shape index (κ3) is 4.31. The number of para-hydroxylation sites is 4. The van der Waals surface area contributed by atoms with Crippen LogP contribution in [0.3, 0.4) is 0 Å². The van der Waals surface area contributed by atoms with E-state index in [0.717, 1.165) is 11.4 Å². The fourth-order valence-electron chi connectivity index (χ4n) is 8.51. The number of allylic oxidation sites excluding steroid dienone is 2. The van der Waals surface area contributed by atoms with E-state index in [1.165, 1.54) is 77.1 Å². The van der Waals surface area contributed by atoms with E-state index in [1.807, 2.05) is 6.07 Å². The van der Waals surface area contributed by atoms with Gasteiger partial charge in [-0.1, -0.05) is 109 Å². The van der Waals surface area contributed by atoms with Crippen LogP contribution in [0, 0.1) is 0 Å². The Hall–Kier alpha value is -6.58. The molecule has 0 spiro atoms. The van der Waals surface area contributed by atoms with E-state index in [0.29, 0.717) is 0 Å². The molecule has 240 valence electrons. The minimum absolute atomic E-state index is 0.0593. The second-order valence-electron chi connectivity index (χ2n) is 13.7. The highest BCUT2D eigenvalue weighted by Crippen LogP contribution is 2.44. The molecule has 2 aliphatic rings. The molecule has 0 radical (unpaired) electrons. The molecule has 0 saturated carbocycles. The number of aromatic nitrogens is 2. The van der Waals surface area contributed by atoms with Crippen LogP contribution < -0.4 is 4.74 Å². The van der Waals surface area contributed by atoms with Gasteiger partial charge in [-0.15, -0.1) is 0 Å². The van der Waals surface area contributed by atoms with Gasteiger partial charge >= 0.3 is 0 Å². The SMILES string of the molecule is C1=CC2Oc3ccccc3C2C=C1c1cccc(-n2c3ccccc3c3cc(-c4ccc5c(c4)c4ccccc4n5-c4ccccc4)ccc32)c1. The van der Waals surface area contributed by atoms with Gasteiger partial charge in [0.05, 0.1) is 22.1 Å². The first-order chi connectivity index (χ1) is 25.3. The van der Waals surface area contributed by atoms with Crippen molar-refractivity contribution in [1.82, 2.24) is 9.13 Å². The summed E-state index contributed by atoms with van der Waals surface area (Å²) in [6.45, 7) is 0. The zero-order valence-electron chi connectivity index (χ0n) is 27.8. The van der Waals surface area contributed by atoms with Crippen molar-refractivity contribution in [3.8, 4) is 28.3 Å². The molecule has 2 aromatic heterocycles. The van der Waals surface area contributed by atoms with Crippen molar-refractivity contribution >= 4 is 49.2 Å². The molecule has 9 aromatic rings. The van der Waals surface area contributed by atoms with Crippen molar-refractivity contribution in [2.75, 3.05) is 0 Å². The summed E-state index contributed by atoms with van der Waals surface area (Å²) < 4.78 is 11.0. The number of fused-ring (bicyclic) bond motifs is 9. The minimum atomic E-state index is 0.0593. The quantitative estimate of drug-likeness (QED) is 0.185. The van der Waals surface area contributed by atoms with Gasteiger partial charge in [-0.3, -0.25) is 0 Å². The summed E-state index contributed by atoms with van der Waals surface area (Å²) >= 11 is 0. The maximum absolute atomic E-state index is 6.24. The fraction of sp³-hybridized carbons (Fsp3) is 0.0417. The summed E-state index contributed by atoms with van der Waals surface area (Å²) in [7, 11) is 0. The van der Waals surface area contributed by atoms with Crippen molar-refractivity contribution in [2.45, 2.75) is 12.0 Å². The molecule has 0 fully saturated rings.